The number of carbonyl (C=O) groups excluding carboxylic acids is 1. The van der Waals surface area contributed by atoms with Gasteiger partial charge in [-0.05, 0) is 18.2 Å². The first-order valence-electron chi connectivity index (χ1n) is 4.80. The van der Waals surface area contributed by atoms with Gasteiger partial charge in [0.25, 0.3) is 0 Å². The number of rotatable bonds is 2. The van der Waals surface area contributed by atoms with Gasteiger partial charge in [-0.1, -0.05) is 13.8 Å². The maximum absolute atomic E-state index is 12.9. The van der Waals surface area contributed by atoms with Crippen LogP contribution < -0.4 is 4.74 Å². The molecule has 0 aliphatic carbocycles. The van der Waals surface area contributed by atoms with Crippen molar-refractivity contribution in [3.05, 3.63) is 29.6 Å². The van der Waals surface area contributed by atoms with E-state index in [0.717, 1.165) is 6.07 Å². The number of benzene rings is 1. The molecule has 0 bridgehead atoms. The summed E-state index contributed by atoms with van der Waals surface area (Å²) in [7, 11) is 0. The minimum Gasteiger partial charge on any atom is -0.426 e. The Labute approximate surface area is 95.2 Å². The first-order chi connectivity index (χ1) is 7.71. The average Bonchev–Trinajstić information content (AvgIpc) is 2.19. The Morgan fingerprint density at radius 3 is 2.35 bits per heavy atom. The molecule has 0 heterocycles. The number of alkyl halides is 3. The van der Waals surface area contributed by atoms with Gasteiger partial charge in [-0.15, -0.1) is 0 Å². The lowest BCUT2D eigenvalue weighted by atomic mass is 10.2. The second kappa shape index (κ2) is 4.73. The predicted octanol–water partition coefficient (Wildman–Crippen LogP) is 3.41. The molecule has 0 saturated carbocycles. The zero-order chi connectivity index (χ0) is 13.2. The highest BCUT2D eigenvalue weighted by molar-refractivity contribution is 5.74. The lowest BCUT2D eigenvalue weighted by Gasteiger charge is -2.11. The molecule has 0 aliphatic rings. The van der Waals surface area contributed by atoms with Crippen LogP contribution in [0.4, 0.5) is 17.6 Å². The Hall–Kier alpha value is -1.59. The normalized spacial score (nSPS) is 11.7. The van der Waals surface area contributed by atoms with Crippen molar-refractivity contribution in [1.82, 2.24) is 0 Å². The fourth-order valence-corrected chi connectivity index (χ4v) is 1.02. The van der Waals surface area contributed by atoms with E-state index < -0.39 is 29.4 Å². The summed E-state index contributed by atoms with van der Waals surface area (Å²) in [5, 5.41) is 0. The van der Waals surface area contributed by atoms with Gasteiger partial charge in [-0.2, -0.15) is 13.2 Å². The van der Waals surface area contributed by atoms with Crippen molar-refractivity contribution < 1.29 is 27.1 Å². The van der Waals surface area contributed by atoms with Crippen LogP contribution in [0.3, 0.4) is 0 Å². The molecule has 0 radical (unpaired) electrons. The molecule has 0 aliphatic heterocycles. The van der Waals surface area contributed by atoms with Crippen LogP contribution in [-0.2, 0) is 11.0 Å². The molecule has 0 fully saturated rings. The Morgan fingerprint density at radius 2 is 1.88 bits per heavy atom. The van der Waals surface area contributed by atoms with Gasteiger partial charge in [0.15, 0.2) is 0 Å². The Kier molecular flexibility index (Phi) is 3.75. The van der Waals surface area contributed by atoms with E-state index in [1.165, 1.54) is 13.8 Å². The first kappa shape index (κ1) is 13.5. The second-order valence-electron chi connectivity index (χ2n) is 3.72. The zero-order valence-electron chi connectivity index (χ0n) is 9.14. The topological polar surface area (TPSA) is 26.3 Å². The Morgan fingerprint density at radius 1 is 1.29 bits per heavy atom. The molecule has 94 valence electrons. The minimum absolute atomic E-state index is 0.322. The van der Waals surface area contributed by atoms with Gasteiger partial charge in [-0.3, -0.25) is 4.79 Å². The van der Waals surface area contributed by atoms with Crippen molar-refractivity contribution >= 4 is 5.97 Å². The number of ether oxygens (including phenoxy) is 1. The van der Waals surface area contributed by atoms with E-state index >= 15 is 0 Å². The van der Waals surface area contributed by atoms with Gasteiger partial charge in [0.1, 0.15) is 11.6 Å². The summed E-state index contributed by atoms with van der Waals surface area (Å²) in [6.07, 6.45) is -4.82. The molecule has 0 unspecified atom stereocenters. The highest BCUT2D eigenvalue weighted by Gasteiger charge is 2.34. The van der Waals surface area contributed by atoms with Crippen molar-refractivity contribution in [2.45, 2.75) is 20.0 Å². The van der Waals surface area contributed by atoms with Crippen molar-refractivity contribution in [2.24, 2.45) is 5.92 Å². The van der Waals surface area contributed by atoms with Crippen molar-refractivity contribution in [2.75, 3.05) is 0 Å². The van der Waals surface area contributed by atoms with E-state index in [0.29, 0.717) is 12.1 Å². The van der Waals surface area contributed by atoms with E-state index in [1.807, 2.05) is 0 Å². The van der Waals surface area contributed by atoms with E-state index in [9.17, 15) is 22.4 Å². The number of esters is 1. The molecule has 0 saturated heterocycles. The molecule has 0 aromatic heterocycles. The lowest BCUT2D eigenvalue weighted by molar-refractivity contribution is -0.141. The van der Waals surface area contributed by atoms with Crippen LogP contribution in [0.5, 0.6) is 5.75 Å². The van der Waals surface area contributed by atoms with Gasteiger partial charge in [0, 0.05) is 0 Å². The van der Waals surface area contributed by atoms with E-state index in [2.05, 4.69) is 4.74 Å². The smallest absolute Gasteiger partial charge is 0.419 e. The van der Waals surface area contributed by atoms with Gasteiger partial charge < -0.3 is 4.74 Å². The third-order valence-corrected chi connectivity index (χ3v) is 1.93. The maximum atomic E-state index is 12.9. The molecular formula is C11H10F4O2. The third-order valence-electron chi connectivity index (χ3n) is 1.93. The molecule has 0 atom stereocenters. The standard InChI is InChI=1S/C11H10F4O2/c1-6(2)10(16)17-7-3-4-9(12)8(5-7)11(13,14)15/h3-6H,1-2H3. The average molecular weight is 250 g/mol. The van der Waals surface area contributed by atoms with Crippen LogP contribution in [-0.4, -0.2) is 5.97 Å². The van der Waals surface area contributed by atoms with Crippen molar-refractivity contribution in [3.63, 3.8) is 0 Å². The maximum Gasteiger partial charge on any atom is 0.419 e. The van der Waals surface area contributed by atoms with E-state index in [1.54, 1.807) is 0 Å². The first-order valence-corrected chi connectivity index (χ1v) is 4.80. The Balaban J connectivity index is 3.01. The molecule has 0 spiro atoms. The van der Waals surface area contributed by atoms with Crippen LogP contribution in [0.15, 0.2) is 18.2 Å². The molecular weight excluding hydrogens is 240 g/mol. The summed E-state index contributed by atoms with van der Waals surface area (Å²) in [5.41, 5.74) is -1.45. The molecule has 0 N–H and O–H groups in total. The SMILES string of the molecule is CC(C)C(=O)Oc1ccc(F)c(C(F)(F)F)c1. The number of hydrogen-bond acceptors (Lipinski definition) is 2. The number of hydrogen-bond donors (Lipinski definition) is 0. The van der Waals surface area contributed by atoms with Gasteiger partial charge in [0.2, 0.25) is 0 Å². The summed E-state index contributed by atoms with van der Waals surface area (Å²) >= 11 is 0. The van der Waals surface area contributed by atoms with E-state index in [-0.39, 0.29) is 5.75 Å². The van der Waals surface area contributed by atoms with Gasteiger partial charge in [0.05, 0.1) is 11.5 Å². The van der Waals surface area contributed by atoms with Crippen LogP contribution >= 0.6 is 0 Å². The summed E-state index contributed by atoms with van der Waals surface area (Å²) in [6, 6.07) is 2.06. The summed E-state index contributed by atoms with van der Waals surface area (Å²) in [5.74, 6) is -2.88. The van der Waals surface area contributed by atoms with Crippen LogP contribution in [0.2, 0.25) is 0 Å². The largest absolute Gasteiger partial charge is 0.426 e. The number of carbonyl (C=O) groups is 1. The third kappa shape index (κ3) is 3.44. The monoisotopic (exact) mass is 250 g/mol. The fourth-order valence-electron chi connectivity index (χ4n) is 1.02. The van der Waals surface area contributed by atoms with Crippen molar-refractivity contribution in [1.29, 1.82) is 0 Å². The minimum atomic E-state index is -4.82. The zero-order valence-corrected chi connectivity index (χ0v) is 9.14. The summed E-state index contributed by atoms with van der Waals surface area (Å²) < 4.78 is 54.6. The summed E-state index contributed by atoms with van der Waals surface area (Å²) in [4.78, 5) is 11.2. The van der Waals surface area contributed by atoms with Crippen molar-refractivity contribution in [3.8, 4) is 5.75 Å². The molecule has 1 aromatic carbocycles. The predicted molar refractivity (Wildman–Crippen MR) is 51.9 cm³/mol. The quantitative estimate of drug-likeness (QED) is 0.456. The second-order valence-corrected chi connectivity index (χ2v) is 3.72. The Bertz CT molecular complexity index is 424. The highest BCUT2D eigenvalue weighted by Crippen LogP contribution is 2.33. The fraction of sp³-hybridized carbons (Fsp3) is 0.364. The molecule has 17 heavy (non-hydrogen) atoms. The molecule has 2 nitrogen and oxygen atoms in total. The van der Waals surface area contributed by atoms with Crippen LogP contribution in [0.25, 0.3) is 0 Å². The molecule has 1 aromatic rings. The highest BCUT2D eigenvalue weighted by atomic mass is 19.4. The summed E-state index contributed by atoms with van der Waals surface area (Å²) in [6.45, 7) is 3.08. The van der Waals surface area contributed by atoms with Crippen LogP contribution in [0, 0.1) is 11.7 Å². The van der Waals surface area contributed by atoms with Gasteiger partial charge in [-0.25, -0.2) is 4.39 Å². The lowest BCUT2D eigenvalue weighted by Crippen LogP contribution is -2.16. The molecule has 0 amide bonds. The van der Waals surface area contributed by atoms with Crippen LogP contribution in [0.1, 0.15) is 19.4 Å². The number of halogens is 4. The molecule has 6 heteroatoms. The molecule has 1 rings (SSSR count). The van der Waals surface area contributed by atoms with E-state index in [4.69, 9.17) is 0 Å². The van der Waals surface area contributed by atoms with Gasteiger partial charge >= 0.3 is 12.1 Å².